The van der Waals surface area contributed by atoms with E-state index < -0.39 is 17.1 Å². The third kappa shape index (κ3) is 0.905. The maximum absolute atomic E-state index is 11.8. The summed E-state index contributed by atoms with van der Waals surface area (Å²) in [6.07, 6.45) is 0.672. The summed E-state index contributed by atoms with van der Waals surface area (Å²) >= 11 is 0. The molecule has 2 atom stereocenters. The van der Waals surface area contributed by atoms with Gasteiger partial charge in [-0.1, -0.05) is 0 Å². The van der Waals surface area contributed by atoms with Crippen LogP contribution in [0.25, 0.3) is 0 Å². The lowest BCUT2D eigenvalue weighted by Gasteiger charge is -2.22. The number of imide groups is 2. The molecule has 1 aliphatic heterocycles. The van der Waals surface area contributed by atoms with Gasteiger partial charge in [0.05, 0.1) is 11.1 Å². The highest BCUT2D eigenvalue weighted by Crippen LogP contribution is 2.60. The Morgan fingerprint density at radius 3 is 1.60 bits per heavy atom. The van der Waals surface area contributed by atoms with Crippen molar-refractivity contribution in [2.24, 2.45) is 0 Å². The number of hydrogen-bond donors (Lipinski definition) is 0. The van der Waals surface area contributed by atoms with Crippen LogP contribution >= 0.6 is 0 Å². The van der Waals surface area contributed by atoms with Gasteiger partial charge in [-0.25, -0.2) is 4.79 Å². The zero-order valence-corrected chi connectivity index (χ0v) is 9.33. The average Bonchev–Trinajstić information content (AvgIpc) is 2.45. The molecular weight excluding hydrogens is 196 g/mol. The molecule has 2 aliphatic rings. The van der Waals surface area contributed by atoms with Gasteiger partial charge in [-0.15, -0.1) is 0 Å². The largest absolute Gasteiger partial charge is 0.334 e. The van der Waals surface area contributed by atoms with Crippen LogP contribution in [0.15, 0.2) is 0 Å². The summed E-state index contributed by atoms with van der Waals surface area (Å²) in [4.78, 5) is 37.0. The number of fused-ring (bicyclic) bond motifs is 1. The van der Waals surface area contributed by atoms with Gasteiger partial charge in [0.2, 0.25) is 11.8 Å². The van der Waals surface area contributed by atoms with E-state index in [-0.39, 0.29) is 11.8 Å². The first-order chi connectivity index (χ1) is 6.75. The van der Waals surface area contributed by atoms with Crippen molar-refractivity contribution in [1.82, 2.24) is 9.80 Å². The molecule has 0 N–H and O–H groups in total. The van der Waals surface area contributed by atoms with E-state index in [4.69, 9.17) is 0 Å². The molecule has 1 heterocycles. The van der Waals surface area contributed by atoms with Crippen molar-refractivity contribution in [3.8, 4) is 0 Å². The normalized spacial score (nSPS) is 38.0. The molecule has 2 fully saturated rings. The Kier molecular flexibility index (Phi) is 1.62. The number of hydrogen-bond acceptors (Lipinski definition) is 3. The van der Waals surface area contributed by atoms with E-state index in [2.05, 4.69) is 0 Å². The molecule has 0 aromatic rings. The van der Waals surface area contributed by atoms with Crippen LogP contribution in [-0.4, -0.2) is 38.7 Å². The Bertz CT molecular complexity index is 358. The van der Waals surface area contributed by atoms with Crippen LogP contribution in [0.1, 0.15) is 34.1 Å². The Morgan fingerprint density at radius 2 is 1.40 bits per heavy atom. The summed E-state index contributed by atoms with van der Waals surface area (Å²) in [7, 11) is 0. The van der Waals surface area contributed by atoms with Gasteiger partial charge < -0.3 is 0 Å². The molecular formula is C10H14N2O3. The van der Waals surface area contributed by atoms with Gasteiger partial charge in [-0.05, 0) is 20.3 Å². The van der Waals surface area contributed by atoms with E-state index in [0.717, 1.165) is 0 Å². The van der Waals surface area contributed by atoms with E-state index in [0.29, 0.717) is 6.42 Å². The third-order valence-electron chi connectivity index (χ3n) is 3.72. The summed E-state index contributed by atoms with van der Waals surface area (Å²) in [5.41, 5.74) is -0.997. The van der Waals surface area contributed by atoms with Crippen molar-refractivity contribution in [2.75, 3.05) is 0 Å². The van der Waals surface area contributed by atoms with Crippen molar-refractivity contribution in [1.29, 1.82) is 0 Å². The lowest BCUT2D eigenvalue weighted by Crippen LogP contribution is -2.44. The summed E-state index contributed by atoms with van der Waals surface area (Å²) in [6, 6.07) is -0.480. The Hall–Kier alpha value is -1.39. The predicted molar refractivity (Wildman–Crippen MR) is 51.9 cm³/mol. The fourth-order valence-corrected chi connectivity index (χ4v) is 2.75. The van der Waals surface area contributed by atoms with Crippen molar-refractivity contribution in [3.63, 3.8) is 0 Å². The zero-order chi connectivity index (χ0) is 11.6. The molecule has 0 unspecified atom stereocenters. The molecule has 82 valence electrons. The van der Waals surface area contributed by atoms with Gasteiger partial charge >= 0.3 is 6.03 Å². The maximum Gasteiger partial charge on any atom is 0.334 e. The summed E-state index contributed by atoms with van der Waals surface area (Å²) in [5, 5.41) is 0. The van der Waals surface area contributed by atoms with Crippen LogP contribution in [0.5, 0.6) is 0 Å². The summed E-state index contributed by atoms with van der Waals surface area (Å²) in [6.45, 7) is 6.39. The fraction of sp³-hybridized carbons (Fsp3) is 0.700. The first-order valence-electron chi connectivity index (χ1n) is 4.91. The second-order valence-corrected chi connectivity index (χ2v) is 4.72. The van der Waals surface area contributed by atoms with Crippen LogP contribution in [0.3, 0.4) is 0 Å². The molecule has 0 bridgehead atoms. The number of nitrogens with zero attached hydrogens (tertiary/aromatic N) is 2. The molecule has 5 nitrogen and oxygen atoms in total. The standard InChI is InChI=1S/C10H14N2O3/c1-6(13)11-8(15)12(7(2)14)10(4)5-9(10,11)3/h5H2,1-4H3/t9-,10+. The van der Waals surface area contributed by atoms with Gasteiger partial charge in [-0.2, -0.15) is 0 Å². The quantitative estimate of drug-likeness (QED) is 0.592. The van der Waals surface area contributed by atoms with Gasteiger partial charge in [0.25, 0.3) is 0 Å². The Balaban J connectivity index is 2.47. The number of carbonyl (C=O) groups is 3. The maximum atomic E-state index is 11.8. The van der Waals surface area contributed by atoms with Crippen LogP contribution in [-0.2, 0) is 9.59 Å². The monoisotopic (exact) mass is 210 g/mol. The third-order valence-corrected chi connectivity index (χ3v) is 3.72. The molecule has 15 heavy (non-hydrogen) atoms. The van der Waals surface area contributed by atoms with Gasteiger partial charge in [0.15, 0.2) is 0 Å². The second-order valence-electron chi connectivity index (χ2n) is 4.72. The lowest BCUT2D eigenvalue weighted by molar-refractivity contribution is -0.128. The summed E-state index contributed by atoms with van der Waals surface area (Å²) in [5.74, 6) is -0.593. The van der Waals surface area contributed by atoms with Gasteiger partial charge in [-0.3, -0.25) is 19.4 Å². The number of rotatable bonds is 0. The van der Waals surface area contributed by atoms with E-state index >= 15 is 0 Å². The highest BCUT2D eigenvalue weighted by Gasteiger charge is 2.77. The number of amides is 4. The molecule has 2 rings (SSSR count). The summed E-state index contributed by atoms with van der Waals surface area (Å²) < 4.78 is 0. The van der Waals surface area contributed by atoms with E-state index in [1.54, 1.807) is 0 Å². The number of carbonyl (C=O) groups excluding carboxylic acids is 3. The first kappa shape index (κ1) is 10.1. The smallest absolute Gasteiger partial charge is 0.275 e. The van der Waals surface area contributed by atoms with E-state index in [1.807, 2.05) is 13.8 Å². The van der Waals surface area contributed by atoms with Crippen LogP contribution in [0.2, 0.25) is 0 Å². The SMILES string of the molecule is CC(=O)N1C(=O)N(C(C)=O)[C@@]2(C)C[C@@]12C. The Labute approximate surface area is 88.0 Å². The van der Waals surface area contributed by atoms with Crippen LogP contribution < -0.4 is 0 Å². The molecule has 5 heteroatoms. The molecule has 1 saturated carbocycles. The topological polar surface area (TPSA) is 57.7 Å². The van der Waals surface area contributed by atoms with Crippen LogP contribution in [0.4, 0.5) is 4.79 Å². The Morgan fingerprint density at radius 1 is 1.07 bits per heavy atom. The first-order valence-corrected chi connectivity index (χ1v) is 4.91. The molecule has 0 aromatic carbocycles. The molecule has 0 radical (unpaired) electrons. The highest BCUT2D eigenvalue weighted by molar-refractivity contribution is 6.06. The van der Waals surface area contributed by atoms with Crippen LogP contribution in [0, 0.1) is 0 Å². The van der Waals surface area contributed by atoms with E-state index in [1.165, 1.54) is 23.6 Å². The van der Waals surface area contributed by atoms with Gasteiger partial charge in [0, 0.05) is 13.8 Å². The zero-order valence-electron chi connectivity index (χ0n) is 9.33. The second kappa shape index (κ2) is 2.40. The van der Waals surface area contributed by atoms with Crippen molar-refractivity contribution < 1.29 is 14.4 Å². The van der Waals surface area contributed by atoms with E-state index in [9.17, 15) is 14.4 Å². The lowest BCUT2D eigenvalue weighted by atomic mass is 10.1. The molecule has 4 amide bonds. The predicted octanol–water partition coefficient (Wildman–Crippen LogP) is 0.738. The molecule has 0 spiro atoms. The molecule has 1 saturated heterocycles. The molecule has 0 aromatic heterocycles. The van der Waals surface area contributed by atoms with Crippen molar-refractivity contribution in [3.05, 3.63) is 0 Å². The number of urea groups is 1. The van der Waals surface area contributed by atoms with Gasteiger partial charge in [0.1, 0.15) is 0 Å². The highest BCUT2D eigenvalue weighted by atomic mass is 16.2. The fourth-order valence-electron chi connectivity index (χ4n) is 2.75. The minimum atomic E-state index is -0.498. The van der Waals surface area contributed by atoms with Crippen molar-refractivity contribution in [2.45, 2.75) is 45.2 Å². The molecule has 1 aliphatic carbocycles. The minimum absolute atomic E-state index is 0.296. The minimum Gasteiger partial charge on any atom is -0.275 e. The van der Waals surface area contributed by atoms with Crippen molar-refractivity contribution >= 4 is 17.8 Å². The average molecular weight is 210 g/mol.